The van der Waals surface area contributed by atoms with Crippen LogP contribution in [0.4, 0.5) is 14.6 Å². The molecule has 8 nitrogen and oxygen atoms in total. The van der Waals surface area contributed by atoms with Crippen LogP contribution in [0.2, 0.25) is 0 Å². The lowest BCUT2D eigenvalue weighted by Crippen LogP contribution is -2.35. The van der Waals surface area contributed by atoms with E-state index in [9.17, 15) is 8.78 Å². The fourth-order valence-electron chi connectivity index (χ4n) is 4.06. The second-order valence-electron chi connectivity index (χ2n) is 7.43. The molecule has 4 heterocycles. The molecule has 1 atom stereocenters. The fourth-order valence-corrected chi connectivity index (χ4v) is 4.06. The maximum absolute atomic E-state index is 13.8. The zero-order chi connectivity index (χ0) is 21.8. The topological polar surface area (TPSA) is 77.5 Å². The van der Waals surface area contributed by atoms with E-state index in [1.54, 1.807) is 29.5 Å². The van der Waals surface area contributed by atoms with Gasteiger partial charge in [0.05, 0.1) is 12.2 Å². The molecule has 1 aliphatic heterocycles. The highest BCUT2D eigenvalue weighted by molar-refractivity contribution is 5.68. The maximum atomic E-state index is 13.8. The average molecular weight is 430 g/mol. The summed E-state index contributed by atoms with van der Waals surface area (Å²) in [6.45, 7) is 2.09. The summed E-state index contributed by atoms with van der Waals surface area (Å²) in [4.78, 5) is 15.8. The predicted molar refractivity (Wildman–Crippen MR) is 112 cm³/mol. The van der Waals surface area contributed by atoms with Crippen molar-refractivity contribution in [3.05, 3.63) is 84.5 Å². The summed E-state index contributed by atoms with van der Waals surface area (Å²) in [5.41, 5.74) is 2.20. The molecule has 0 N–H and O–H groups in total. The molecule has 1 aromatic carbocycles. The third kappa shape index (κ3) is 2.62. The molecule has 0 fully saturated rings. The van der Waals surface area contributed by atoms with Crippen molar-refractivity contribution in [1.82, 2.24) is 34.3 Å². The molecule has 0 radical (unpaired) electrons. The van der Waals surface area contributed by atoms with E-state index in [0.717, 1.165) is 35.8 Å². The molecule has 0 amide bonds. The summed E-state index contributed by atoms with van der Waals surface area (Å²) in [6.07, 6.45) is 13.4. The molecule has 3 aromatic heterocycles. The minimum absolute atomic E-state index is 0.0441. The number of nitrogens with zero attached hydrogens (tertiary/aromatic N) is 8. The van der Waals surface area contributed by atoms with Crippen molar-refractivity contribution in [3.63, 3.8) is 0 Å². The van der Waals surface area contributed by atoms with E-state index in [-0.39, 0.29) is 6.04 Å². The highest BCUT2D eigenvalue weighted by Gasteiger charge is 2.36. The van der Waals surface area contributed by atoms with Crippen molar-refractivity contribution in [2.24, 2.45) is 0 Å². The van der Waals surface area contributed by atoms with Gasteiger partial charge >= 0.3 is 0 Å². The number of anilines is 1. The second kappa shape index (κ2) is 6.91. The van der Waals surface area contributed by atoms with Gasteiger partial charge in [-0.05, 0) is 36.8 Å². The van der Waals surface area contributed by atoms with Crippen LogP contribution in [0.15, 0.2) is 67.0 Å². The Labute approximate surface area is 181 Å². The van der Waals surface area contributed by atoms with Gasteiger partial charge in [0.25, 0.3) is 0 Å². The van der Waals surface area contributed by atoms with Crippen LogP contribution < -0.4 is 4.90 Å². The number of hydrogen-bond donors (Lipinski definition) is 0. The number of imidazole rings is 1. The number of aromatic nitrogens is 7. The van der Waals surface area contributed by atoms with E-state index < -0.39 is 11.6 Å². The van der Waals surface area contributed by atoms with Crippen LogP contribution in [0.3, 0.4) is 0 Å². The van der Waals surface area contributed by atoms with Crippen LogP contribution in [0.25, 0.3) is 23.0 Å². The standard InChI is InChI=1S/C22H16F2N8/c1-2-17-21-29-27-12-31(21)18-11-26-22(28-20(18)32(17)14-4-3-5-14)30-9-8-25-19(30)13-6-7-15(23)16(24)10-13/h3-12,17H,2H2,1H3/t17-/m1/s1. The first-order valence-corrected chi connectivity index (χ1v) is 10.1. The molecule has 1 aliphatic carbocycles. The van der Waals surface area contributed by atoms with Crippen LogP contribution in [-0.2, 0) is 0 Å². The van der Waals surface area contributed by atoms with Gasteiger partial charge in [-0.25, -0.2) is 18.7 Å². The summed E-state index contributed by atoms with van der Waals surface area (Å²) >= 11 is 0. The van der Waals surface area contributed by atoms with Gasteiger partial charge in [0.2, 0.25) is 5.95 Å². The number of fused-ring (bicyclic) bond motifs is 3. The number of halogens is 2. The summed E-state index contributed by atoms with van der Waals surface area (Å²) < 4.78 is 30.8. The van der Waals surface area contributed by atoms with Crippen molar-refractivity contribution in [2.75, 3.05) is 4.90 Å². The lowest BCUT2D eigenvalue weighted by Gasteiger charge is -2.38. The van der Waals surface area contributed by atoms with Gasteiger partial charge in [0, 0.05) is 23.7 Å². The maximum Gasteiger partial charge on any atom is 0.237 e. The van der Waals surface area contributed by atoms with E-state index >= 15 is 0 Å². The molecule has 0 unspecified atom stereocenters. The molecular weight excluding hydrogens is 414 g/mol. The molecule has 158 valence electrons. The van der Waals surface area contributed by atoms with Gasteiger partial charge in [-0.1, -0.05) is 13.0 Å². The van der Waals surface area contributed by atoms with Crippen molar-refractivity contribution in [2.45, 2.75) is 19.4 Å². The Hall–Kier alpha value is -4.21. The van der Waals surface area contributed by atoms with Crippen molar-refractivity contribution in [3.8, 4) is 23.0 Å². The lowest BCUT2D eigenvalue weighted by atomic mass is 10.1. The molecule has 32 heavy (non-hydrogen) atoms. The summed E-state index contributed by atoms with van der Waals surface area (Å²) in [6, 6.07) is 3.62. The number of benzene rings is 1. The second-order valence-corrected chi connectivity index (χ2v) is 7.43. The Kier molecular flexibility index (Phi) is 4.00. The molecule has 2 aliphatic rings. The highest BCUT2D eigenvalue weighted by Crippen LogP contribution is 2.41. The van der Waals surface area contributed by atoms with Crippen molar-refractivity contribution < 1.29 is 8.78 Å². The van der Waals surface area contributed by atoms with Crippen LogP contribution in [0, 0.1) is 11.6 Å². The van der Waals surface area contributed by atoms with Crippen LogP contribution >= 0.6 is 0 Å². The monoisotopic (exact) mass is 430 g/mol. The third-order valence-corrected chi connectivity index (χ3v) is 5.64. The number of allylic oxidation sites excluding steroid dienone is 3. The van der Waals surface area contributed by atoms with Crippen molar-refractivity contribution >= 4 is 5.82 Å². The van der Waals surface area contributed by atoms with Gasteiger partial charge in [-0.2, -0.15) is 4.98 Å². The van der Waals surface area contributed by atoms with E-state index in [1.165, 1.54) is 6.07 Å². The average Bonchev–Trinajstić information content (AvgIpc) is 3.44. The van der Waals surface area contributed by atoms with E-state index in [1.807, 2.05) is 22.8 Å². The Bertz CT molecular complexity index is 1420. The van der Waals surface area contributed by atoms with Crippen LogP contribution in [-0.4, -0.2) is 34.3 Å². The van der Waals surface area contributed by atoms with Gasteiger partial charge < -0.3 is 4.90 Å². The minimum atomic E-state index is -0.941. The normalized spacial score (nSPS) is 16.4. The van der Waals surface area contributed by atoms with E-state index in [2.05, 4.69) is 32.0 Å². The quantitative estimate of drug-likeness (QED) is 0.489. The first-order valence-electron chi connectivity index (χ1n) is 10.1. The lowest BCUT2D eigenvalue weighted by molar-refractivity contribution is 0.509. The first kappa shape index (κ1) is 18.6. The SMILES string of the molecule is CC[C@@H]1c2nncn2-c2cnc(-n3ccnc3-c3ccc(F)c(F)c3)nc2N1C1=CC=C1. The third-order valence-electron chi connectivity index (χ3n) is 5.64. The summed E-state index contributed by atoms with van der Waals surface area (Å²) in [5, 5.41) is 8.42. The van der Waals surface area contributed by atoms with Gasteiger partial charge in [0.15, 0.2) is 23.3 Å². The van der Waals surface area contributed by atoms with Gasteiger partial charge in [-0.15, -0.1) is 10.2 Å². The predicted octanol–water partition coefficient (Wildman–Crippen LogP) is 3.91. The Balaban J connectivity index is 1.51. The Morgan fingerprint density at radius 1 is 1.09 bits per heavy atom. The molecule has 0 bridgehead atoms. The zero-order valence-corrected chi connectivity index (χ0v) is 16.9. The minimum Gasteiger partial charge on any atom is -0.314 e. The molecule has 6 rings (SSSR count). The Morgan fingerprint density at radius 3 is 2.72 bits per heavy atom. The van der Waals surface area contributed by atoms with E-state index in [4.69, 9.17) is 4.98 Å². The zero-order valence-electron chi connectivity index (χ0n) is 16.9. The first-order chi connectivity index (χ1) is 15.7. The molecular formula is C22H16F2N8. The molecule has 0 saturated heterocycles. The number of rotatable bonds is 4. The molecule has 0 saturated carbocycles. The van der Waals surface area contributed by atoms with Crippen LogP contribution in [0.1, 0.15) is 25.2 Å². The van der Waals surface area contributed by atoms with Crippen molar-refractivity contribution in [1.29, 1.82) is 0 Å². The summed E-state index contributed by atoms with van der Waals surface area (Å²) in [5.74, 6) is 0.443. The molecule has 4 aromatic rings. The van der Waals surface area contributed by atoms with E-state index in [0.29, 0.717) is 23.2 Å². The molecule has 0 spiro atoms. The Morgan fingerprint density at radius 2 is 1.97 bits per heavy atom. The smallest absolute Gasteiger partial charge is 0.237 e. The van der Waals surface area contributed by atoms with Crippen LogP contribution in [0.5, 0.6) is 0 Å². The summed E-state index contributed by atoms with van der Waals surface area (Å²) in [7, 11) is 0. The van der Waals surface area contributed by atoms with Gasteiger partial charge in [0.1, 0.15) is 17.8 Å². The van der Waals surface area contributed by atoms with Gasteiger partial charge in [-0.3, -0.25) is 9.13 Å². The molecule has 10 heteroatoms. The largest absolute Gasteiger partial charge is 0.314 e. The fraction of sp³-hybridized carbons (Fsp3) is 0.136. The highest BCUT2D eigenvalue weighted by atomic mass is 19.2. The number of hydrogen-bond acceptors (Lipinski definition) is 6.